The first-order chi connectivity index (χ1) is 10.4. The van der Waals surface area contributed by atoms with E-state index in [-0.39, 0.29) is 42.5 Å². The van der Waals surface area contributed by atoms with Gasteiger partial charge in [-0.15, -0.1) is 24.8 Å². The molecule has 2 rings (SSSR count). The lowest BCUT2D eigenvalue weighted by atomic mass is 9.98. The lowest BCUT2D eigenvalue weighted by Crippen LogP contribution is -2.45. The van der Waals surface area contributed by atoms with Crippen LogP contribution in [-0.2, 0) is 0 Å². The van der Waals surface area contributed by atoms with Gasteiger partial charge in [0.05, 0.1) is 7.11 Å². The number of hydrogen-bond donors (Lipinski definition) is 1. The van der Waals surface area contributed by atoms with E-state index in [9.17, 15) is 17.6 Å². The van der Waals surface area contributed by atoms with Crippen LogP contribution in [0.3, 0.4) is 0 Å². The number of methoxy groups -OCH3 is 1. The summed E-state index contributed by atoms with van der Waals surface area (Å²) in [5.74, 6) is -0.514. The Bertz CT molecular complexity index is 497. The van der Waals surface area contributed by atoms with Gasteiger partial charge in [-0.3, -0.25) is 4.90 Å². The molecule has 0 aromatic heterocycles. The van der Waals surface area contributed by atoms with Gasteiger partial charge in [0.2, 0.25) is 0 Å². The predicted molar refractivity (Wildman–Crippen MR) is 89.9 cm³/mol. The highest BCUT2D eigenvalue weighted by Gasteiger charge is 2.32. The van der Waals surface area contributed by atoms with Gasteiger partial charge in [-0.05, 0) is 12.5 Å². The minimum atomic E-state index is -4.25. The van der Waals surface area contributed by atoms with Gasteiger partial charge in [0.15, 0.2) is 11.6 Å². The smallest absolute Gasteiger partial charge is 0.389 e. The fourth-order valence-electron chi connectivity index (χ4n) is 2.77. The van der Waals surface area contributed by atoms with Crippen molar-refractivity contribution < 1.29 is 22.3 Å². The number of halogens is 6. The Labute approximate surface area is 151 Å². The molecule has 1 aliphatic rings. The number of hydrogen-bond acceptors (Lipinski definition) is 3. The van der Waals surface area contributed by atoms with Crippen molar-refractivity contribution in [2.75, 3.05) is 33.3 Å². The number of piperazine rings is 1. The zero-order chi connectivity index (χ0) is 16.2. The van der Waals surface area contributed by atoms with Gasteiger partial charge < -0.3 is 10.1 Å². The van der Waals surface area contributed by atoms with Crippen LogP contribution in [0.15, 0.2) is 18.2 Å². The molecule has 0 amide bonds. The second-order valence-electron chi connectivity index (χ2n) is 5.32. The molecule has 1 aromatic carbocycles. The first kappa shape index (κ1) is 23.2. The van der Waals surface area contributed by atoms with Gasteiger partial charge in [-0.1, -0.05) is 12.1 Å². The average molecular weight is 393 g/mol. The zero-order valence-electron chi connectivity index (χ0n) is 13.2. The molecular weight excluding hydrogens is 371 g/mol. The van der Waals surface area contributed by atoms with Crippen molar-refractivity contribution in [2.24, 2.45) is 0 Å². The van der Waals surface area contributed by atoms with Crippen molar-refractivity contribution in [3.05, 3.63) is 29.6 Å². The maximum absolute atomic E-state index is 14.4. The quantitative estimate of drug-likeness (QED) is 0.767. The largest absolute Gasteiger partial charge is 0.494 e. The molecule has 1 saturated heterocycles. The third-order valence-electron chi connectivity index (χ3n) is 3.87. The second kappa shape index (κ2) is 10.3. The number of alkyl halides is 3. The summed E-state index contributed by atoms with van der Waals surface area (Å²) in [6.45, 7) is 2.57. The first-order valence-corrected chi connectivity index (χ1v) is 7.26. The molecule has 0 radical (unpaired) electrons. The minimum Gasteiger partial charge on any atom is -0.494 e. The summed E-state index contributed by atoms with van der Waals surface area (Å²) in [7, 11) is 1.34. The maximum atomic E-state index is 14.4. The van der Waals surface area contributed by atoms with Crippen LogP contribution in [0, 0.1) is 5.82 Å². The Balaban J connectivity index is 0.00000264. The Hall–Kier alpha value is -0.760. The summed E-state index contributed by atoms with van der Waals surface area (Å²) in [6.07, 6.45) is -5.34. The molecule has 24 heavy (non-hydrogen) atoms. The van der Waals surface area contributed by atoms with Gasteiger partial charge in [-0.25, -0.2) is 4.39 Å². The maximum Gasteiger partial charge on any atom is 0.389 e. The van der Waals surface area contributed by atoms with Crippen molar-refractivity contribution in [1.82, 2.24) is 10.2 Å². The van der Waals surface area contributed by atoms with Crippen molar-refractivity contribution >= 4 is 24.8 Å². The van der Waals surface area contributed by atoms with Crippen LogP contribution in [0.4, 0.5) is 17.6 Å². The fourth-order valence-corrected chi connectivity index (χ4v) is 2.77. The Morgan fingerprint density at radius 1 is 1.21 bits per heavy atom. The monoisotopic (exact) mass is 392 g/mol. The summed E-state index contributed by atoms with van der Waals surface area (Å²) in [6, 6.07) is 4.03. The lowest BCUT2D eigenvalue weighted by Gasteiger charge is -2.35. The van der Waals surface area contributed by atoms with Crippen molar-refractivity contribution in [3.63, 3.8) is 0 Å². The number of ether oxygens (including phenoxy) is 1. The molecule has 0 saturated carbocycles. The van der Waals surface area contributed by atoms with Crippen LogP contribution >= 0.6 is 24.8 Å². The van der Waals surface area contributed by atoms with E-state index in [1.54, 1.807) is 12.1 Å². The summed E-state index contributed by atoms with van der Waals surface area (Å²) in [4.78, 5) is 1.90. The molecule has 0 bridgehead atoms. The summed E-state index contributed by atoms with van der Waals surface area (Å²) < 4.78 is 57.2. The van der Waals surface area contributed by atoms with Crippen molar-refractivity contribution in [2.45, 2.75) is 25.1 Å². The molecule has 1 aromatic rings. The van der Waals surface area contributed by atoms with Gasteiger partial charge >= 0.3 is 6.18 Å². The standard InChI is InChI=1S/C15H20F4N2O.2ClH/c1-22-13-4-2-3-11(14(13)16)12(5-6-15(17,18)19)21-9-7-20-8-10-21;;/h2-4,12,20H,5-10H2,1H3;2*1H/t12-;;/m1../s1. The highest BCUT2D eigenvalue weighted by atomic mass is 35.5. The van der Waals surface area contributed by atoms with E-state index in [1.807, 2.05) is 4.90 Å². The number of rotatable bonds is 5. The molecule has 0 unspecified atom stereocenters. The summed E-state index contributed by atoms with van der Waals surface area (Å²) >= 11 is 0. The molecule has 0 aliphatic carbocycles. The van der Waals surface area contributed by atoms with E-state index >= 15 is 0 Å². The third-order valence-corrected chi connectivity index (χ3v) is 3.87. The molecule has 0 spiro atoms. The molecule has 140 valence electrons. The van der Waals surface area contributed by atoms with Crippen LogP contribution in [0.5, 0.6) is 5.75 Å². The van der Waals surface area contributed by atoms with E-state index in [1.165, 1.54) is 13.2 Å². The molecular formula is C15H22Cl2F4N2O. The highest BCUT2D eigenvalue weighted by Crippen LogP contribution is 2.35. The number of benzene rings is 1. The summed E-state index contributed by atoms with van der Waals surface area (Å²) in [5.41, 5.74) is 0.269. The highest BCUT2D eigenvalue weighted by molar-refractivity contribution is 5.85. The molecule has 3 nitrogen and oxygen atoms in total. The average Bonchev–Trinajstić information content (AvgIpc) is 2.49. The normalized spacial score (nSPS) is 16.7. The van der Waals surface area contributed by atoms with E-state index in [0.717, 1.165) is 0 Å². The van der Waals surface area contributed by atoms with E-state index in [0.29, 0.717) is 26.2 Å². The van der Waals surface area contributed by atoms with Gasteiger partial charge in [0.25, 0.3) is 0 Å². The first-order valence-electron chi connectivity index (χ1n) is 7.26. The van der Waals surface area contributed by atoms with Crippen molar-refractivity contribution in [3.8, 4) is 5.75 Å². The van der Waals surface area contributed by atoms with Crippen LogP contribution in [0.1, 0.15) is 24.4 Å². The molecule has 1 fully saturated rings. The SMILES string of the molecule is COc1cccc([C@@H](CCC(F)(F)F)N2CCNCC2)c1F.Cl.Cl. The van der Waals surface area contributed by atoms with Crippen LogP contribution in [-0.4, -0.2) is 44.4 Å². The molecule has 1 heterocycles. The van der Waals surface area contributed by atoms with Crippen LogP contribution in [0.2, 0.25) is 0 Å². The molecule has 9 heteroatoms. The second-order valence-corrected chi connectivity index (χ2v) is 5.32. The molecule has 1 aliphatic heterocycles. The summed E-state index contributed by atoms with van der Waals surface area (Å²) in [5, 5.41) is 3.15. The zero-order valence-corrected chi connectivity index (χ0v) is 14.9. The van der Waals surface area contributed by atoms with Crippen LogP contribution < -0.4 is 10.1 Å². The Morgan fingerprint density at radius 2 is 1.83 bits per heavy atom. The van der Waals surface area contributed by atoms with Crippen molar-refractivity contribution in [1.29, 1.82) is 0 Å². The number of nitrogens with zero attached hydrogens (tertiary/aromatic N) is 1. The van der Waals surface area contributed by atoms with Gasteiger partial charge in [0.1, 0.15) is 0 Å². The predicted octanol–water partition coefficient (Wildman–Crippen LogP) is 3.97. The van der Waals surface area contributed by atoms with E-state index in [2.05, 4.69) is 5.32 Å². The number of nitrogens with one attached hydrogen (secondary N) is 1. The minimum absolute atomic E-state index is 0. The van der Waals surface area contributed by atoms with Crippen LogP contribution in [0.25, 0.3) is 0 Å². The van der Waals surface area contributed by atoms with E-state index in [4.69, 9.17) is 4.74 Å². The lowest BCUT2D eigenvalue weighted by molar-refractivity contribution is -0.138. The third kappa shape index (κ3) is 6.27. The Kier molecular flexibility index (Phi) is 9.96. The Morgan fingerprint density at radius 3 is 2.38 bits per heavy atom. The fraction of sp³-hybridized carbons (Fsp3) is 0.600. The van der Waals surface area contributed by atoms with Gasteiger partial charge in [-0.2, -0.15) is 13.2 Å². The van der Waals surface area contributed by atoms with Gasteiger partial charge in [0, 0.05) is 44.2 Å². The van der Waals surface area contributed by atoms with E-state index < -0.39 is 24.5 Å². The molecule has 1 atom stereocenters. The topological polar surface area (TPSA) is 24.5 Å². The molecule has 1 N–H and O–H groups in total.